The van der Waals surface area contributed by atoms with Crippen molar-refractivity contribution in [3.63, 3.8) is 0 Å². The van der Waals surface area contributed by atoms with Gasteiger partial charge in [-0.15, -0.1) is 6.58 Å². The number of carbonyl (C=O) groups excluding carboxylic acids is 1. The van der Waals surface area contributed by atoms with Crippen molar-refractivity contribution in [2.75, 3.05) is 6.54 Å². The van der Waals surface area contributed by atoms with Gasteiger partial charge in [0.15, 0.2) is 0 Å². The van der Waals surface area contributed by atoms with Crippen molar-refractivity contribution < 1.29 is 18.0 Å². The second-order valence-corrected chi connectivity index (χ2v) is 2.54. The van der Waals surface area contributed by atoms with E-state index in [2.05, 4.69) is 11.9 Å². The third kappa shape index (κ3) is 8.91. The van der Waals surface area contributed by atoms with E-state index in [0.717, 1.165) is 0 Å². The SMILES string of the molecule is C=CCCNC(=O)CCC(F)(F)F. The van der Waals surface area contributed by atoms with Gasteiger partial charge in [-0.25, -0.2) is 0 Å². The van der Waals surface area contributed by atoms with Gasteiger partial charge in [0.2, 0.25) is 5.91 Å². The van der Waals surface area contributed by atoms with Gasteiger partial charge in [0.05, 0.1) is 6.42 Å². The van der Waals surface area contributed by atoms with Crippen molar-refractivity contribution in [3.05, 3.63) is 12.7 Å². The van der Waals surface area contributed by atoms with Crippen molar-refractivity contribution >= 4 is 5.91 Å². The molecule has 0 aromatic rings. The summed E-state index contributed by atoms with van der Waals surface area (Å²) < 4.78 is 34.8. The van der Waals surface area contributed by atoms with Crippen LogP contribution < -0.4 is 5.32 Å². The highest BCUT2D eigenvalue weighted by Gasteiger charge is 2.27. The number of nitrogens with one attached hydrogen (secondary N) is 1. The maximum absolute atomic E-state index is 11.6. The van der Waals surface area contributed by atoms with Gasteiger partial charge < -0.3 is 5.32 Å². The molecule has 0 aliphatic carbocycles. The Morgan fingerprint density at radius 1 is 1.46 bits per heavy atom. The first kappa shape index (κ1) is 12.0. The van der Waals surface area contributed by atoms with E-state index in [-0.39, 0.29) is 0 Å². The van der Waals surface area contributed by atoms with Crippen molar-refractivity contribution in [1.82, 2.24) is 5.32 Å². The van der Waals surface area contributed by atoms with Crippen LogP contribution in [-0.4, -0.2) is 18.6 Å². The Balaban J connectivity index is 3.46. The molecule has 0 fully saturated rings. The molecule has 1 amide bonds. The highest BCUT2D eigenvalue weighted by Crippen LogP contribution is 2.20. The molecule has 0 saturated heterocycles. The fourth-order valence-corrected chi connectivity index (χ4v) is 0.657. The first-order valence-electron chi connectivity index (χ1n) is 3.90. The predicted octanol–water partition coefficient (Wildman–Crippen LogP) is 2.02. The van der Waals surface area contributed by atoms with Crippen LogP contribution in [0.25, 0.3) is 0 Å². The van der Waals surface area contributed by atoms with Crippen LogP contribution in [0.2, 0.25) is 0 Å². The van der Waals surface area contributed by atoms with Crippen LogP contribution in [0.1, 0.15) is 19.3 Å². The molecule has 0 aliphatic heterocycles. The molecule has 1 N–H and O–H groups in total. The maximum atomic E-state index is 11.6. The average Bonchev–Trinajstić information content (AvgIpc) is 2.00. The number of rotatable bonds is 5. The van der Waals surface area contributed by atoms with Crippen molar-refractivity contribution in [3.8, 4) is 0 Å². The first-order valence-corrected chi connectivity index (χ1v) is 3.90. The summed E-state index contributed by atoms with van der Waals surface area (Å²) in [5, 5.41) is 2.35. The highest BCUT2D eigenvalue weighted by atomic mass is 19.4. The zero-order valence-electron chi connectivity index (χ0n) is 7.16. The second kappa shape index (κ2) is 5.61. The van der Waals surface area contributed by atoms with E-state index in [1.54, 1.807) is 6.08 Å². The fourth-order valence-electron chi connectivity index (χ4n) is 0.657. The molecule has 0 heterocycles. The Hall–Kier alpha value is -1.00. The van der Waals surface area contributed by atoms with Crippen LogP contribution in [0.15, 0.2) is 12.7 Å². The van der Waals surface area contributed by atoms with Gasteiger partial charge in [-0.05, 0) is 6.42 Å². The van der Waals surface area contributed by atoms with Gasteiger partial charge in [0.1, 0.15) is 0 Å². The Labute approximate surface area is 74.8 Å². The standard InChI is InChI=1S/C8H12F3NO/c1-2-3-6-12-7(13)4-5-8(9,10)11/h2H,1,3-6H2,(H,12,13). The van der Waals surface area contributed by atoms with Crippen molar-refractivity contribution in [2.45, 2.75) is 25.4 Å². The number of halogens is 3. The molecule has 0 saturated carbocycles. The van der Waals surface area contributed by atoms with Crippen LogP contribution in [0.5, 0.6) is 0 Å². The van der Waals surface area contributed by atoms with Crippen LogP contribution in [-0.2, 0) is 4.79 Å². The van der Waals surface area contributed by atoms with Crippen LogP contribution in [0.3, 0.4) is 0 Å². The molecule has 2 nitrogen and oxygen atoms in total. The monoisotopic (exact) mass is 195 g/mol. The summed E-state index contributed by atoms with van der Waals surface area (Å²) >= 11 is 0. The fraction of sp³-hybridized carbons (Fsp3) is 0.625. The van der Waals surface area contributed by atoms with Crippen LogP contribution >= 0.6 is 0 Å². The number of hydrogen-bond donors (Lipinski definition) is 1. The third-order valence-corrected chi connectivity index (χ3v) is 1.31. The van der Waals surface area contributed by atoms with Gasteiger partial charge in [0, 0.05) is 13.0 Å². The topological polar surface area (TPSA) is 29.1 Å². The lowest BCUT2D eigenvalue weighted by Crippen LogP contribution is -2.25. The smallest absolute Gasteiger partial charge is 0.356 e. The number of carbonyl (C=O) groups is 1. The molecular weight excluding hydrogens is 183 g/mol. The number of alkyl halides is 3. The molecule has 0 bridgehead atoms. The summed E-state index contributed by atoms with van der Waals surface area (Å²) in [6, 6.07) is 0. The minimum Gasteiger partial charge on any atom is -0.356 e. The van der Waals surface area contributed by atoms with Gasteiger partial charge in [-0.2, -0.15) is 13.2 Å². The largest absolute Gasteiger partial charge is 0.389 e. The molecule has 0 rings (SSSR count). The van der Waals surface area contributed by atoms with E-state index < -0.39 is 24.9 Å². The molecule has 13 heavy (non-hydrogen) atoms. The summed E-state index contributed by atoms with van der Waals surface area (Å²) in [7, 11) is 0. The third-order valence-electron chi connectivity index (χ3n) is 1.31. The summed E-state index contributed by atoms with van der Waals surface area (Å²) in [6.07, 6.45) is -3.66. The van der Waals surface area contributed by atoms with Gasteiger partial charge in [0.25, 0.3) is 0 Å². The zero-order valence-corrected chi connectivity index (χ0v) is 7.16. The van der Waals surface area contributed by atoms with Crippen molar-refractivity contribution in [1.29, 1.82) is 0 Å². The molecule has 0 spiro atoms. The number of hydrogen-bond acceptors (Lipinski definition) is 1. The van der Waals surface area contributed by atoms with Gasteiger partial charge in [-0.1, -0.05) is 6.08 Å². The number of amides is 1. The predicted molar refractivity (Wildman–Crippen MR) is 43.1 cm³/mol. The second-order valence-electron chi connectivity index (χ2n) is 2.54. The molecule has 76 valence electrons. The van der Waals surface area contributed by atoms with Crippen LogP contribution in [0, 0.1) is 0 Å². The lowest BCUT2D eigenvalue weighted by atomic mass is 10.3. The van der Waals surface area contributed by atoms with E-state index in [9.17, 15) is 18.0 Å². The van der Waals surface area contributed by atoms with E-state index >= 15 is 0 Å². The first-order chi connectivity index (χ1) is 5.95. The quantitative estimate of drug-likeness (QED) is 0.527. The van der Waals surface area contributed by atoms with E-state index in [4.69, 9.17) is 0 Å². The van der Waals surface area contributed by atoms with E-state index in [1.807, 2.05) is 0 Å². The lowest BCUT2D eigenvalue weighted by molar-refractivity contribution is -0.144. The molecule has 0 aliphatic rings. The average molecular weight is 195 g/mol. The van der Waals surface area contributed by atoms with Gasteiger partial charge in [-0.3, -0.25) is 4.79 Å². The molecule has 0 aromatic heterocycles. The Kier molecular flexibility index (Phi) is 5.18. The highest BCUT2D eigenvalue weighted by molar-refractivity contribution is 5.75. The minimum absolute atomic E-state index is 0.347. The molecule has 0 aromatic carbocycles. The summed E-state index contributed by atoms with van der Waals surface area (Å²) in [6.45, 7) is 3.76. The molecular formula is C8H12F3NO. The molecule has 5 heteroatoms. The summed E-state index contributed by atoms with van der Waals surface area (Å²) in [5.74, 6) is -0.570. The molecule has 0 unspecified atom stereocenters. The van der Waals surface area contributed by atoms with Crippen LogP contribution in [0.4, 0.5) is 13.2 Å². The normalized spacial score (nSPS) is 11.0. The minimum atomic E-state index is -4.25. The van der Waals surface area contributed by atoms with Gasteiger partial charge >= 0.3 is 6.18 Å². The van der Waals surface area contributed by atoms with E-state index in [1.165, 1.54) is 0 Å². The van der Waals surface area contributed by atoms with Crippen molar-refractivity contribution in [2.24, 2.45) is 0 Å². The lowest BCUT2D eigenvalue weighted by Gasteiger charge is -2.06. The molecule has 0 atom stereocenters. The Bertz CT molecular complexity index is 177. The van der Waals surface area contributed by atoms with E-state index in [0.29, 0.717) is 13.0 Å². The maximum Gasteiger partial charge on any atom is 0.389 e. The zero-order chi connectivity index (χ0) is 10.3. The molecule has 0 radical (unpaired) electrons. The Morgan fingerprint density at radius 3 is 2.54 bits per heavy atom. The summed E-state index contributed by atoms with van der Waals surface area (Å²) in [5.41, 5.74) is 0. The Morgan fingerprint density at radius 2 is 2.08 bits per heavy atom. The summed E-state index contributed by atoms with van der Waals surface area (Å²) in [4.78, 5) is 10.7.